The van der Waals surface area contributed by atoms with Crippen LogP contribution in [0.3, 0.4) is 0 Å². The third-order valence-corrected chi connectivity index (χ3v) is 4.32. The molecule has 0 radical (unpaired) electrons. The second-order valence-corrected chi connectivity index (χ2v) is 5.87. The van der Waals surface area contributed by atoms with Crippen LogP contribution >= 0.6 is 11.6 Å². The van der Waals surface area contributed by atoms with Crippen molar-refractivity contribution in [3.8, 4) is 5.75 Å². The first-order valence-electron chi connectivity index (χ1n) is 7.25. The summed E-state index contributed by atoms with van der Waals surface area (Å²) < 4.78 is 7.13. The molecule has 0 aliphatic heterocycles. The third-order valence-electron chi connectivity index (χ3n) is 4.09. The number of aromatic nitrogens is 2. The molecule has 1 atom stereocenters. The predicted molar refractivity (Wildman–Crippen MR) is 84.4 cm³/mol. The number of halogens is 1. The Morgan fingerprint density at radius 2 is 2.32 bits per heavy atom. The highest BCUT2D eigenvalue weighted by molar-refractivity contribution is 6.31. The summed E-state index contributed by atoms with van der Waals surface area (Å²) in [6.07, 6.45) is 4.78. The molecule has 1 aromatic carbocycles. The van der Waals surface area contributed by atoms with Gasteiger partial charge in [0.1, 0.15) is 5.75 Å². The van der Waals surface area contributed by atoms with E-state index in [4.69, 9.17) is 16.3 Å². The highest BCUT2D eigenvalue weighted by atomic mass is 35.5. The molecule has 6 heteroatoms. The van der Waals surface area contributed by atoms with E-state index in [1.54, 1.807) is 25.3 Å². The van der Waals surface area contributed by atoms with Crippen LogP contribution in [-0.4, -0.2) is 22.8 Å². The molecule has 1 aliphatic carbocycles. The molecule has 22 heavy (non-hydrogen) atoms. The maximum absolute atomic E-state index is 12.6. The molecule has 0 saturated heterocycles. The Balaban J connectivity index is 1.85. The van der Waals surface area contributed by atoms with Crippen LogP contribution in [0.15, 0.2) is 24.4 Å². The molecule has 0 bridgehead atoms. The molecule has 0 spiro atoms. The molecular weight excluding hydrogens is 302 g/mol. The van der Waals surface area contributed by atoms with E-state index >= 15 is 0 Å². The summed E-state index contributed by atoms with van der Waals surface area (Å²) in [5, 5.41) is 7.88. The van der Waals surface area contributed by atoms with E-state index in [1.165, 1.54) is 5.69 Å². The Morgan fingerprint density at radius 1 is 1.50 bits per heavy atom. The lowest BCUT2D eigenvalue weighted by atomic mass is 9.92. The number of hydrogen-bond acceptors (Lipinski definition) is 3. The van der Waals surface area contributed by atoms with Gasteiger partial charge >= 0.3 is 0 Å². The molecule has 116 valence electrons. The van der Waals surface area contributed by atoms with Gasteiger partial charge in [-0.15, -0.1) is 0 Å². The third kappa shape index (κ3) is 2.68. The predicted octanol–water partition coefficient (Wildman–Crippen LogP) is 2.89. The SMILES string of the molecule is COc1ccc(Cl)cc1C(=O)N[C@@H]1CCCc2c1cnn2C. The van der Waals surface area contributed by atoms with Gasteiger partial charge in [-0.1, -0.05) is 11.6 Å². The van der Waals surface area contributed by atoms with Crippen LogP contribution in [0.25, 0.3) is 0 Å². The minimum Gasteiger partial charge on any atom is -0.496 e. The topological polar surface area (TPSA) is 56.1 Å². The summed E-state index contributed by atoms with van der Waals surface area (Å²) in [5.41, 5.74) is 2.74. The van der Waals surface area contributed by atoms with Crippen LogP contribution in [0.1, 0.15) is 40.5 Å². The highest BCUT2D eigenvalue weighted by Gasteiger charge is 2.26. The van der Waals surface area contributed by atoms with E-state index in [2.05, 4.69) is 10.4 Å². The van der Waals surface area contributed by atoms with Crippen molar-refractivity contribution >= 4 is 17.5 Å². The van der Waals surface area contributed by atoms with Crippen molar-refractivity contribution in [3.05, 3.63) is 46.2 Å². The van der Waals surface area contributed by atoms with Crippen molar-refractivity contribution in [1.82, 2.24) is 15.1 Å². The summed E-state index contributed by atoms with van der Waals surface area (Å²) in [7, 11) is 3.48. The highest BCUT2D eigenvalue weighted by Crippen LogP contribution is 2.30. The zero-order valence-corrected chi connectivity index (χ0v) is 13.4. The summed E-state index contributed by atoms with van der Waals surface area (Å²) >= 11 is 6.00. The van der Waals surface area contributed by atoms with Gasteiger partial charge in [-0.3, -0.25) is 9.48 Å². The van der Waals surface area contributed by atoms with Crippen molar-refractivity contribution in [2.45, 2.75) is 25.3 Å². The van der Waals surface area contributed by atoms with Crippen molar-refractivity contribution in [3.63, 3.8) is 0 Å². The maximum atomic E-state index is 12.6. The number of carbonyl (C=O) groups is 1. The zero-order chi connectivity index (χ0) is 15.7. The lowest BCUT2D eigenvalue weighted by Gasteiger charge is -2.24. The molecule has 1 amide bonds. The Labute approximate surface area is 134 Å². The van der Waals surface area contributed by atoms with Gasteiger partial charge in [-0.2, -0.15) is 5.10 Å². The van der Waals surface area contributed by atoms with Crippen LogP contribution in [-0.2, 0) is 13.5 Å². The Bertz CT molecular complexity index is 711. The summed E-state index contributed by atoms with van der Waals surface area (Å²) in [4.78, 5) is 12.6. The number of ether oxygens (including phenoxy) is 1. The van der Waals surface area contributed by atoms with Crippen molar-refractivity contribution < 1.29 is 9.53 Å². The van der Waals surface area contributed by atoms with Crippen LogP contribution < -0.4 is 10.1 Å². The standard InChI is InChI=1S/C16H18ClN3O2/c1-20-14-5-3-4-13(12(14)9-18-20)19-16(21)11-8-10(17)6-7-15(11)22-2/h6-9,13H,3-5H2,1-2H3,(H,19,21)/t13-/m1/s1. The van der Waals surface area contributed by atoms with Gasteiger partial charge in [0.25, 0.3) is 5.91 Å². The maximum Gasteiger partial charge on any atom is 0.255 e. The largest absolute Gasteiger partial charge is 0.496 e. The fourth-order valence-electron chi connectivity index (χ4n) is 2.95. The molecule has 2 aromatic rings. The summed E-state index contributed by atoms with van der Waals surface area (Å²) in [6.45, 7) is 0. The minimum absolute atomic E-state index is 0.0198. The van der Waals surface area contributed by atoms with Gasteiger partial charge in [-0.05, 0) is 37.5 Å². The van der Waals surface area contributed by atoms with Crippen LogP contribution in [0, 0.1) is 0 Å². The van der Waals surface area contributed by atoms with Crippen molar-refractivity contribution in [2.75, 3.05) is 7.11 Å². The first-order valence-corrected chi connectivity index (χ1v) is 7.63. The Hall–Kier alpha value is -2.01. The molecule has 0 fully saturated rings. The molecule has 1 aliphatic rings. The van der Waals surface area contributed by atoms with Crippen LogP contribution in [0.2, 0.25) is 5.02 Å². The molecule has 3 rings (SSSR count). The molecule has 1 aromatic heterocycles. The Morgan fingerprint density at radius 3 is 3.09 bits per heavy atom. The number of aryl methyl sites for hydroxylation is 1. The fraction of sp³-hybridized carbons (Fsp3) is 0.375. The minimum atomic E-state index is -0.180. The van der Waals surface area contributed by atoms with E-state index in [1.807, 2.05) is 17.9 Å². The van der Waals surface area contributed by atoms with E-state index in [0.29, 0.717) is 16.3 Å². The first-order chi connectivity index (χ1) is 10.6. The summed E-state index contributed by atoms with van der Waals surface area (Å²) in [6, 6.07) is 5.02. The number of hydrogen-bond donors (Lipinski definition) is 1. The number of benzene rings is 1. The molecule has 0 saturated carbocycles. The smallest absolute Gasteiger partial charge is 0.255 e. The normalized spacial score (nSPS) is 17.0. The van der Waals surface area contributed by atoms with Gasteiger partial charge in [0.05, 0.1) is 24.9 Å². The summed E-state index contributed by atoms with van der Waals surface area (Å²) in [5.74, 6) is 0.338. The van der Waals surface area contributed by atoms with E-state index in [9.17, 15) is 4.79 Å². The molecule has 5 nitrogen and oxygen atoms in total. The molecule has 1 heterocycles. The average Bonchev–Trinajstić information content (AvgIpc) is 2.90. The number of fused-ring (bicyclic) bond motifs is 1. The van der Waals surface area contributed by atoms with Gasteiger partial charge in [0, 0.05) is 23.3 Å². The fourth-order valence-corrected chi connectivity index (χ4v) is 3.12. The van der Waals surface area contributed by atoms with Crippen LogP contribution in [0.4, 0.5) is 0 Å². The molecule has 1 N–H and O–H groups in total. The van der Waals surface area contributed by atoms with E-state index in [0.717, 1.165) is 24.8 Å². The second-order valence-electron chi connectivity index (χ2n) is 5.43. The number of carbonyl (C=O) groups excluding carboxylic acids is 1. The van der Waals surface area contributed by atoms with Gasteiger partial charge in [-0.25, -0.2) is 0 Å². The number of methoxy groups -OCH3 is 1. The van der Waals surface area contributed by atoms with Gasteiger partial charge < -0.3 is 10.1 Å². The number of nitrogens with zero attached hydrogens (tertiary/aromatic N) is 2. The number of amides is 1. The van der Waals surface area contributed by atoms with Crippen LogP contribution in [0.5, 0.6) is 5.75 Å². The van der Waals surface area contributed by atoms with Crippen molar-refractivity contribution in [1.29, 1.82) is 0 Å². The quantitative estimate of drug-likeness (QED) is 0.946. The lowest BCUT2D eigenvalue weighted by molar-refractivity contribution is 0.0929. The van der Waals surface area contributed by atoms with Crippen molar-refractivity contribution in [2.24, 2.45) is 7.05 Å². The van der Waals surface area contributed by atoms with Gasteiger partial charge in [0.2, 0.25) is 0 Å². The number of nitrogens with one attached hydrogen (secondary N) is 1. The molecular formula is C16H18ClN3O2. The second kappa shape index (κ2) is 6.01. The monoisotopic (exact) mass is 319 g/mol. The molecule has 0 unspecified atom stereocenters. The van der Waals surface area contributed by atoms with E-state index in [-0.39, 0.29) is 11.9 Å². The number of rotatable bonds is 3. The zero-order valence-electron chi connectivity index (χ0n) is 12.6. The van der Waals surface area contributed by atoms with Gasteiger partial charge in [0.15, 0.2) is 0 Å². The first kappa shape index (κ1) is 14.9. The van der Waals surface area contributed by atoms with E-state index < -0.39 is 0 Å². The Kier molecular flexibility index (Phi) is 4.07. The average molecular weight is 320 g/mol. The lowest BCUT2D eigenvalue weighted by Crippen LogP contribution is -2.31.